The molecule has 0 aromatic heterocycles. The smallest absolute Gasteiger partial charge is 0.326 e. The molecule has 2 rings (SSSR count). The first-order valence-electron chi connectivity index (χ1n) is 8.21. The fraction of sp³-hybridized carbons (Fsp3) is 0.158. The fourth-order valence-electron chi connectivity index (χ4n) is 2.13. The summed E-state index contributed by atoms with van der Waals surface area (Å²) in [5.74, 6) is -2.13. The largest absolute Gasteiger partial charge is 0.329 e. The Morgan fingerprint density at radius 2 is 1.71 bits per heavy atom. The molecule has 0 aliphatic heterocycles. The molecule has 7 nitrogen and oxygen atoms in total. The highest BCUT2D eigenvalue weighted by molar-refractivity contribution is 9.10. The van der Waals surface area contributed by atoms with E-state index in [0.717, 1.165) is 4.47 Å². The van der Waals surface area contributed by atoms with E-state index in [1.165, 1.54) is 0 Å². The third kappa shape index (κ3) is 6.47. The second-order valence-corrected chi connectivity index (χ2v) is 7.21. The minimum atomic E-state index is -0.952. The van der Waals surface area contributed by atoms with Gasteiger partial charge in [-0.3, -0.25) is 14.4 Å². The van der Waals surface area contributed by atoms with Gasteiger partial charge in [0.15, 0.2) is 0 Å². The van der Waals surface area contributed by atoms with Gasteiger partial charge in [0, 0.05) is 26.6 Å². The minimum absolute atomic E-state index is 0.0363. The lowest BCUT2D eigenvalue weighted by atomic mass is 10.2. The van der Waals surface area contributed by atoms with E-state index in [1.807, 2.05) is 0 Å². The summed E-state index contributed by atoms with van der Waals surface area (Å²) < 4.78 is 0.900. The normalized spacial score (nSPS) is 10.9. The maximum atomic E-state index is 12.0. The summed E-state index contributed by atoms with van der Waals surface area (Å²) in [6, 6.07) is 12.1. The van der Waals surface area contributed by atoms with Crippen LogP contribution in [0.1, 0.15) is 18.9 Å². The van der Waals surface area contributed by atoms with E-state index >= 15 is 0 Å². The Labute approximate surface area is 175 Å². The second-order valence-electron chi connectivity index (χ2n) is 5.89. The molecule has 0 heterocycles. The summed E-state index contributed by atoms with van der Waals surface area (Å²) in [7, 11) is 0. The van der Waals surface area contributed by atoms with Gasteiger partial charge in [-0.2, -0.15) is 5.10 Å². The molecule has 2 aromatic carbocycles. The highest BCUT2D eigenvalue weighted by Gasteiger charge is 2.15. The third-order valence-corrected chi connectivity index (χ3v) is 4.55. The van der Waals surface area contributed by atoms with Crippen LogP contribution in [0.2, 0.25) is 5.02 Å². The van der Waals surface area contributed by atoms with Crippen LogP contribution in [-0.2, 0) is 14.4 Å². The number of rotatable bonds is 5. The summed E-state index contributed by atoms with van der Waals surface area (Å²) in [4.78, 5) is 35.8. The number of hydrogen-bond acceptors (Lipinski definition) is 4. The zero-order valence-corrected chi connectivity index (χ0v) is 17.5. The standard InChI is InChI=1S/C19H18BrClN4O3/c1-11(10-17(26)22-14-8-6-13(20)7-9-14)24-25-19(28)18(27)23-16-5-3-4-15(21)12(16)2/h3-9H,10H2,1-2H3,(H,22,26)(H,23,27)(H,25,28). The van der Waals surface area contributed by atoms with Crippen molar-refractivity contribution in [2.75, 3.05) is 10.6 Å². The monoisotopic (exact) mass is 464 g/mol. The lowest BCUT2D eigenvalue weighted by molar-refractivity contribution is -0.136. The topological polar surface area (TPSA) is 99.7 Å². The Morgan fingerprint density at radius 3 is 2.39 bits per heavy atom. The predicted octanol–water partition coefficient (Wildman–Crippen LogP) is 3.87. The van der Waals surface area contributed by atoms with Crippen molar-refractivity contribution in [2.45, 2.75) is 20.3 Å². The second kappa shape index (κ2) is 10.0. The summed E-state index contributed by atoms with van der Waals surface area (Å²) >= 11 is 9.29. The van der Waals surface area contributed by atoms with Gasteiger partial charge in [-0.15, -0.1) is 0 Å². The Hall–Kier alpha value is -2.71. The molecule has 0 bridgehead atoms. The van der Waals surface area contributed by atoms with Crippen molar-refractivity contribution in [3.63, 3.8) is 0 Å². The van der Waals surface area contributed by atoms with Crippen molar-refractivity contribution >= 4 is 62.3 Å². The van der Waals surface area contributed by atoms with Crippen LogP contribution in [0.15, 0.2) is 52.0 Å². The molecular formula is C19H18BrClN4O3. The van der Waals surface area contributed by atoms with Gasteiger partial charge >= 0.3 is 11.8 Å². The van der Waals surface area contributed by atoms with E-state index < -0.39 is 11.8 Å². The molecule has 0 aliphatic rings. The maximum absolute atomic E-state index is 12.0. The summed E-state index contributed by atoms with van der Waals surface area (Å²) in [6.45, 7) is 3.29. The number of benzene rings is 2. The molecule has 0 atom stereocenters. The zero-order chi connectivity index (χ0) is 20.7. The Morgan fingerprint density at radius 1 is 1.04 bits per heavy atom. The van der Waals surface area contributed by atoms with Crippen LogP contribution < -0.4 is 16.1 Å². The van der Waals surface area contributed by atoms with E-state index in [1.54, 1.807) is 56.3 Å². The van der Waals surface area contributed by atoms with Crippen molar-refractivity contribution in [2.24, 2.45) is 5.10 Å². The number of halogens is 2. The quantitative estimate of drug-likeness (QED) is 0.355. The number of carbonyl (C=O) groups excluding carboxylic acids is 3. The SMILES string of the molecule is CC(CC(=O)Nc1ccc(Br)cc1)=NNC(=O)C(=O)Nc1cccc(Cl)c1C. The van der Waals surface area contributed by atoms with E-state index in [2.05, 4.69) is 37.1 Å². The Balaban J connectivity index is 1.86. The Kier molecular flexibility index (Phi) is 7.71. The molecule has 0 radical (unpaired) electrons. The fourth-order valence-corrected chi connectivity index (χ4v) is 2.57. The number of nitrogens with one attached hydrogen (secondary N) is 3. The molecule has 0 saturated carbocycles. The van der Waals surface area contributed by atoms with Gasteiger partial charge in [-0.05, 0) is 55.8 Å². The van der Waals surface area contributed by atoms with Gasteiger partial charge in [-0.25, -0.2) is 5.43 Å². The average molecular weight is 466 g/mol. The predicted molar refractivity (Wildman–Crippen MR) is 113 cm³/mol. The van der Waals surface area contributed by atoms with Crippen molar-refractivity contribution < 1.29 is 14.4 Å². The molecule has 0 spiro atoms. The third-order valence-electron chi connectivity index (χ3n) is 3.61. The molecule has 0 saturated heterocycles. The van der Waals surface area contributed by atoms with Crippen LogP contribution in [0.5, 0.6) is 0 Å². The van der Waals surface area contributed by atoms with Crippen LogP contribution in [0.4, 0.5) is 11.4 Å². The molecule has 3 amide bonds. The first-order valence-corrected chi connectivity index (χ1v) is 9.38. The molecule has 2 aromatic rings. The first-order chi connectivity index (χ1) is 13.3. The molecule has 0 unspecified atom stereocenters. The van der Waals surface area contributed by atoms with Crippen LogP contribution in [-0.4, -0.2) is 23.4 Å². The molecule has 9 heteroatoms. The van der Waals surface area contributed by atoms with Crippen LogP contribution in [0.25, 0.3) is 0 Å². The summed E-state index contributed by atoms with van der Waals surface area (Å²) in [5.41, 5.74) is 4.19. The van der Waals surface area contributed by atoms with Gasteiger partial charge in [0.25, 0.3) is 0 Å². The van der Waals surface area contributed by atoms with Gasteiger partial charge in [0.1, 0.15) is 0 Å². The number of amides is 3. The first kappa shape index (κ1) is 21.6. The molecule has 28 heavy (non-hydrogen) atoms. The minimum Gasteiger partial charge on any atom is -0.326 e. The number of carbonyl (C=O) groups is 3. The lowest BCUT2D eigenvalue weighted by Gasteiger charge is -2.09. The van der Waals surface area contributed by atoms with Gasteiger partial charge in [0.2, 0.25) is 5.91 Å². The van der Waals surface area contributed by atoms with Crippen molar-refractivity contribution in [1.82, 2.24) is 5.43 Å². The zero-order valence-electron chi connectivity index (χ0n) is 15.2. The average Bonchev–Trinajstić information content (AvgIpc) is 2.65. The van der Waals surface area contributed by atoms with E-state index in [0.29, 0.717) is 27.7 Å². The van der Waals surface area contributed by atoms with Crippen LogP contribution >= 0.6 is 27.5 Å². The lowest BCUT2D eigenvalue weighted by Crippen LogP contribution is -2.33. The van der Waals surface area contributed by atoms with E-state index in [9.17, 15) is 14.4 Å². The molecule has 0 aliphatic carbocycles. The Bertz CT molecular complexity index is 929. The molecule has 146 valence electrons. The van der Waals surface area contributed by atoms with Crippen LogP contribution in [0, 0.1) is 6.92 Å². The van der Waals surface area contributed by atoms with E-state index in [4.69, 9.17) is 11.6 Å². The van der Waals surface area contributed by atoms with Gasteiger partial charge in [0.05, 0.1) is 6.42 Å². The number of anilines is 2. The van der Waals surface area contributed by atoms with Gasteiger partial charge < -0.3 is 10.6 Å². The van der Waals surface area contributed by atoms with Crippen molar-refractivity contribution in [3.8, 4) is 0 Å². The number of hydrazone groups is 1. The van der Waals surface area contributed by atoms with Crippen molar-refractivity contribution in [3.05, 3.63) is 57.5 Å². The number of hydrogen-bond donors (Lipinski definition) is 3. The summed E-state index contributed by atoms with van der Waals surface area (Å²) in [6.07, 6.45) is -0.0363. The highest BCUT2D eigenvalue weighted by Crippen LogP contribution is 2.22. The maximum Gasteiger partial charge on any atom is 0.329 e. The van der Waals surface area contributed by atoms with Gasteiger partial charge in [-0.1, -0.05) is 33.6 Å². The molecule has 3 N–H and O–H groups in total. The van der Waals surface area contributed by atoms with Crippen molar-refractivity contribution in [1.29, 1.82) is 0 Å². The number of nitrogens with zero attached hydrogens (tertiary/aromatic N) is 1. The van der Waals surface area contributed by atoms with E-state index in [-0.39, 0.29) is 12.3 Å². The molecule has 0 fully saturated rings. The highest BCUT2D eigenvalue weighted by atomic mass is 79.9. The van der Waals surface area contributed by atoms with Crippen LogP contribution in [0.3, 0.4) is 0 Å². The summed E-state index contributed by atoms with van der Waals surface area (Å²) in [5, 5.41) is 9.43. The molecular weight excluding hydrogens is 448 g/mol.